The average molecular weight is 440 g/mol. The number of ether oxygens (including phenoxy) is 1. The molecule has 0 unspecified atom stereocenters. The van der Waals surface area contributed by atoms with Gasteiger partial charge in [0.05, 0.1) is 18.1 Å². The molecule has 2 amide bonds. The summed E-state index contributed by atoms with van der Waals surface area (Å²) in [5.41, 5.74) is 0.860. The first kappa shape index (κ1) is 21.3. The van der Waals surface area contributed by atoms with Crippen LogP contribution < -0.4 is 10.6 Å². The number of esters is 1. The Hall–Kier alpha value is -2.57. The van der Waals surface area contributed by atoms with Gasteiger partial charge in [0.2, 0.25) is 5.91 Å². The van der Waals surface area contributed by atoms with Gasteiger partial charge in [-0.3, -0.25) is 14.4 Å². The van der Waals surface area contributed by atoms with E-state index in [4.69, 9.17) is 4.74 Å². The predicted molar refractivity (Wildman–Crippen MR) is 120 cm³/mol. The Labute approximate surface area is 189 Å². The molecule has 1 aromatic rings. The number of nitrogens with zero attached hydrogens (tertiary/aromatic N) is 1. The van der Waals surface area contributed by atoms with Crippen LogP contribution in [0.1, 0.15) is 62.7 Å². The summed E-state index contributed by atoms with van der Waals surface area (Å²) in [5.74, 6) is -0.156. The summed E-state index contributed by atoms with van der Waals surface area (Å²) in [7, 11) is 0. The van der Waals surface area contributed by atoms with E-state index in [2.05, 4.69) is 17.6 Å². The van der Waals surface area contributed by atoms with E-state index in [1.807, 2.05) is 36.1 Å². The van der Waals surface area contributed by atoms with Crippen LogP contribution in [-0.4, -0.2) is 48.0 Å². The maximum absolute atomic E-state index is 13.7. The number of anilines is 1. The lowest BCUT2D eigenvalue weighted by Crippen LogP contribution is -2.70. The van der Waals surface area contributed by atoms with Crippen molar-refractivity contribution in [2.24, 2.45) is 23.2 Å². The molecular formula is C25H33N3O4. The third kappa shape index (κ3) is 3.37. The van der Waals surface area contributed by atoms with Crippen molar-refractivity contribution in [3.63, 3.8) is 0 Å². The second-order valence-corrected chi connectivity index (χ2v) is 10.3. The maximum Gasteiger partial charge on any atom is 0.310 e. The zero-order valence-corrected chi connectivity index (χ0v) is 19.0. The monoisotopic (exact) mass is 439 g/mol. The average Bonchev–Trinajstić information content (AvgIpc) is 2.78. The third-order valence-corrected chi connectivity index (χ3v) is 8.32. The number of amides is 2. The molecule has 7 nitrogen and oxygen atoms in total. The van der Waals surface area contributed by atoms with Crippen molar-refractivity contribution < 1.29 is 19.1 Å². The molecule has 3 saturated carbocycles. The van der Waals surface area contributed by atoms with Crippen LogP contribution in [-0.2, 0) is 14.3 Å². The van der Waals surface area contributed by atoms with Crippen molar-refractivity contribution in [1.82, 2.24) is 10.2 Å². The first-order chi connectivity index (χ1) is 15.3. The van der Waals surface area contributed by atoms with Crippen LogP contribution in [0.2, 0.25) is 0 Å². The lowest BCUT2D eigenvalue weighted by atomic mass is 9.51. The number of carbonyl (C=O) groups is 3. The van der Waals surface area contributed by atoms with Crippen molar-refractivity contribution in [3.8, 4) is 0 Å². The molecule has 2 bridgehead atoms. The van der Waals surface area contributed by atoms with Gasteiger partial charge < -0.3 is 20.3 Å². The molecular weight excluding hydrogens is 406 g/mol. The van der Waals surface area contributed by atoms with E-state index in [9.17, 15) is 14.4 Å². The molecule has 1 aromatic carbocycles. The highest BCUT2D eigenvalue weighted by atomic mass is 16.5. The fraction of sp³-hybridized carbons (Fsp3) is 0.640. The van der Waals surface area contributed by atoms with Crippen molar-refractivity contribution >= 4 is 23.5 Å². The third-order valence-electron chi connectivity index (χ3n) is 8.32. The quantitative estimate of drug-likeness (QED) is 0.707. The number of rotatable bonds is 3. The molecule has 7 heteroatoms. The summed E-state index contributed by atoms with van der Waals surface area (Å²) in [6.45, 7) is 5.56. The minimum absolute atomic E-state index is 0.0355. The maximum atomic E-state index is 13.7. The van der Waals surface area contributed by atoms with Gasteiger partial charge in [-0.2, -0.15) is 0 Å². The van der Waals surface area contributed by atoms with Crippen molar-refractivity contribution in [2.45, 2.75) is 58.0 Å². The van der Waals surface area contributed by atoms with Crippen molar-refractivity contribution in [1.29, 1.82) is 0 Å². The van der Waals surface area contributed by atoms with Gasteiger partial charge in [0.25, 0.3) is 5.91 Å². The highest BCUT2D eigenvalue weighted by Crippen LogP contribution is 2.59. The molecule has 5 aliphatic rings. The summed E-state index contributed by atoms with van der Waals surface area (Å²) in [4.78, 5) is 40.7. The summed E-state index contributed by atoms with van der Waals surface area (Å²) >= 11 is 0. The number of hydrogen-bond acceptors (Lipinski definition) is 5. The normalized spacial score (nSPS) is 35.6. The van der Waals surface area contributed by atoms with Gasteiger partial charge in [-0.15, -0.1) is 0 Å². The molecule has 3 aliphatic carbocycles. The van der Waals surface area contributed by atoms with E-state index in [-0.39, 0.29) is 41.0 Å². The smallest absolute Gasteiger partial charge is 0.310 e. The number of para-hydroxylation sites is 1. The lowest BCUT2D eigenvalue weighted by molar-refractivity contribution is -0.157. The van der Waals surface area contributed by atoms with E-state index in [0.717, 1.165) is 44.2 Å². The summed E-state index contributed by atoms with van der Waals surface area (Å²) < 4.78 is 5.21. The predicted octanol–water partition coefficient (Wildman–Crippen LogP) is 3.17. The first-order valence-corrected chi connectivity index (χ1v) is 12.0. The van der Waals surface area contributed by atoms with Crippen LogP contribution in [0.5, 0.6) is 0 Å². The van der Waals surface area contributed by atoms with E-state index in [1.165, 1.54) is 0 Å². The largest absolute Gasteiger partial charge is 0.466 e. The molecule has 5 atom stereocenters. The van der Waals surface area contributed by atoms with E-state index in [1.54, 1.807) is 0 Å². The standard InChI is InChI=1S/C25H33N3O4/c1-3-32-23(31)16-7-6-12-28(14-16)22(30)19-13-17-10-11-24(19,2)15-25(17)26-20-9-5-4-8-18(20)21(29)27-25/h4-5,8-9,16-17,19,26H,3,6-7,10-15H2,1-2H3,(H,27,29)/t16-,17-,19+,24+,25-/m0/s1. The molecule has 2 N–H and O–H groups in total. The molecule has 4 fully saturated rings. The van der Waals surface area contributed by atoms with Crippen molar-refractivity contribution in [3.05, 3.63) is 29.8 Å². The Bertz CT molecular complexity index is 949. The highest BCUT2D eigenvalue weighted by Gasteiger charge is 2.60. The molecule has 0 aromatic heterocycles. The van der Waals surface area contributed by atoms with E-state index >= 15 is 0 Å². The molecule has 0 radical (unpaired) electrons. The molecule has 32 heavy (non-hydrogen) atoms. The van der Waals surface area contributed by atoms with E-state index < -0.39 is 5.66 Å². The van der Waals surface area contributed by atoms with Crippen LogP contribution in [0, 0.1) is 23.2 Å². The Morgan fingerprint density at radius 3 is 2.81 bits per heavy atom. The van der Waals surface area contributed by atoms with Gasteiger partial charge >= 0.3 is 5.97 Å². The van der Waals surface area contributed by atoms with Gasteiger partial charge in [0, 0.05) is 30.6 Å². The number of nitrogens with one attached hydrogen (secondary N) is 2. The molecule has 1 spiro atoms. The van der Waals surface area contributed by atoms with E-state index in [0.29, 0.717) is 25.3 Å². The van der Waals surface area contributed by atoms with Gasteiger partial charge in [-0.25, -0.2) is 0 Å². The topological polar surface area (TPSA) is 87.7 Å². The molecule has 2 heterocycles. The fourth-order valence-corrected chi connectivity index (χ4v) is 6.68. The van der Waals surface area contributed by atoms with Crippen LogP contribution >= 0.6 is 0 Å². The van der Waals surface area contributed by atoms with Crippen LogP contribution in [0.25, 0.3) is 0 Å². The van der Waals surface area contributed by atoms with Gasteiger partial charge in [0.15, 0.2) is 0 Å². The molecule has 6 rings (SSSR count). The van der Waals surface area contributed by atoms with Gasteiger partial charge in [-0.05, 0) is 63.0 Å². The highest BCUT2D eigenvalue weighted by molar-refractivity contribution is 6.02. The second kappa shape index (κ2) is 7.78. The van der Waals surface area contributed by atoms with Crippen LogP contribution in [0.4, 0.5) is 5.69 Å². The number of fused-ring (bicyclic) bond motifs is 3. The first-order valence-electron chi connectivity index (χ1n) is 12.0. The number of hydrogen-bond donors (Lipinski definition) is 2. The Morgan fingerprint density at radius 2 is 2.03 bits per heavy atom. The fourth-order valence-electron chi connectivity index (χ4n) is 6.68. The minimum Gasteiger partial charge on any atom is -0.466 e. The molecule has 1 saturated heterocycles. The minimum atomic E-state index is -0.495. The summed E-state index contributed by atoms with van der Waals surface area (Å²) in [6, 6.07) is 7.63. The Kier molecular flexibility index (Phi) is 5.18. The number of benzene rings is 1. The van der Waals surface area contributed by atoms with Gasteiger partial charge in [0.1, 0.15) is 5.66 Å². The van der Waals surface area contributed by atoms with Crippen molar-refractivity contribution in [2.75, 3.05) is 25.0 Å². The Morgan fingerprint density at radius 1 is 1.22 bits per heavy atom. The summed E-state index contributed by atoms with van der Waals surface area (Å²) in [5, 5.41) is 6.94. The zero-order valence-electron chi connectivity index (χ0n) is 19.0. The Balaban J connectivity index is 1.34. The molecule has 172 valence electrons. The SMILES string of the molecule is CCOC(=O)[C@H]1CCCN(C(=O)[C@H]2C[C@@H]3CC[C@]2(C)C[C@]32NC(=O)c3ccccc3N2)C1. The number of likely N-dealkylation sites (tertiary alicyclic amines) is 1. The number of carbonyl (C=O) groups excluding carboxylic acids is 3. The van der Waals surface area contributed by atoms with Crippen LogP contribution in [0.3, 0.4) is 0 Å². The molecule has 2 aliphatic heterocycles. The van der Waals surface area contributed by atoms with Gasteiger partial charge in [-0.1, -0.05) is 19.1 Å². The lowest BCUT2D eigenvalue weighted by Gasteiger charge is -2.61. The summed E-state index contributed by atoms with van der Waals surface area (Å²) in [6.07, 6.45) is 5.07. The number of piperidine rings is 1. The second-order valence-electron chi connectivity index (χ2n) is 10.3. The zero-order chi connectivity index (χ0) is 22.5. The van der Waals surface area contributed by atoms with Crippen LogP contribution in [0.15, 0.2) is 24.3 Å².